The lowest BCUT2D eigenvalue weighted by atomic mass is 10.0. The van der Waals surface area contributed by atoms with Gasteiger partial charge in [0.1, 0.15) is 22.9 Å². The smallest absolute Gasteiger partial charge is 0.253 e. The lowest BCUT2D eigenvalue weighted by Gasteiger charge is -2.20. The molecule has 0 aliphatic heterocycles. The van der Waals surface area contributed by atoms with Crippen LogP contribution < -0.4 is 21.5 Å². The van der Waals surface area contributed by atoms with Crippen molar-refractivity contribution in [2.24, 2.45) is 0 Å². The Bertz CT molecular complexity index is 1280. The lowest BCUT2D eigenvalue weighted by Crippen LogP contribution is -2.37. The SMILES string of the molecule is C[C@@H](Nc1c(Nc2ccc(O)c(-c3cccnc3)c2)c(=O)c1=O)c1cccc(O)c1. The van der Waals surface area contributed by atoms with E-state index in [0.717, 1.165) is 11.1 Å². The number of nitrogens with one attached hydrogen (secondary N) is 2. The summed E-state index contributed by atoms with van der Waals surface area (Å²) in [4.78, 5) is 28.3. The van der Waals surface area contributed by atoms with E-state index in [9.17, 15) is 19.8 Å². The summed E-state index contributed by atoms with van der Waals surface area (Å²) in [5.74, 6) is 0.200. The number of rotatable bonds is 6. The molecule has 30 heavy (non-hydrogen) atoms. The first kappa shape index (κ1) is 19.2. The van der Waals surface area contributed by atoms with Gasteiger partial charge in [-0.2, -0.15) is 0 Å². The number of phenols is 2. The molecule has 0 saturated heterocycles. The minimum Gasteiger partial charge on any atom is -0.508 e. The molecule has 150 valence electrons. The molecule has 4 N–H and O–H groups in total. The molecule has 0 aliphatic rings. The van der Waals surface area contributed by atoms with Gasteiger partial charge in [0, 0.05) is 35.2 Å². The van der Waals surface area contributed by atoms with Gasteiger partial charge in [-0.1, -0.05) is 18.2 Å². The van der Waals surface area contributed by atoms with Crippen LogP contribution in [0.4, 0.5) is 17.1 Å². The van der Waals surface area contributed by atoms with Crippen molar-refractivity contribution in [2.75, 3.05) is 10.6 Å². The van der Waals surface area contributed by atoms with Crippen LogP contribution in [0.25, 0.3) is 11.1 Å². The maximum Gasteiger partial charge on any atom is 0.253 e. The highest BCUT2D eigenvalue weighted by atomic mass is 16.3. The standard InChI is InChI=1S/C23H19N3O4/c1-13(14-4-2-6-17(27)10-14)25-20-21(23(30)22(20)29)26-16-7-8-19(28)18(11-16)15-5-3-9-24-12-15/h2-13,25-28H,1H3/t13-/m1/s1. The predicted octanol–water partition coefficient (Wildman–Crippen LogP) is 3.67. The van der Waals surface area contributed by atoms with Crippen LogP contribution in [0.2, 0.25) is 0 Å². The summed E-state index contributed by atoms with van der Waals surface area (Å²) in [6.07, 6.45) is 3.26. The van der Waals surface area contributed by atoms with Gasteiger partial charge in [0.15, 0.2) is 0 Å². The minimum atomic E-state index is -0.614. The average Bonchev–Trinajstić information content (AvgIpc) is 2.77. The van der Waals surface area contributed by atoms with Crippen molar-refractivity contribution in [3.05, 3.63) is 93.0 Å². The molecule has 1 aromatic heterocycles. The molecule has 0 fully saturated rings. The maximum absolute atomic E-state index is 12.2. The van der Waals surface area contributed by atoms with Crippen LogP contribution in [0.3, 0.4) is 0 Å². The number of hydrogen-bond acceptors (Lipinski definition) is 7. The van der Waals surface area contributed by atoms with Crippen molar-refractivity contribution in [1.82, 2.24) is 4.98 Å². The lowest BCUT2D eigenvalue weighted by molar-refractivity contribution is 0.474. The van der Waals surface area contributed by atoms with Crippen molar-refractivity contribution in [3.8, 4) is 22.6 Å². The summed E-state index contributed by atoms with van der Waals surface area (Å²) < 4.78 is 0. The van der Waals surface area contributed by atoms with Crippen LogP contribution in [0.15, 0.2) is 76.6 Å². The van der Waals surface area contributed by atoms with Gasteiger partial charge in [-0.25, -0.2) is 0 Å². The Kier molecular flexibility index (Phi) is 4.93. The Hall–Kier alpha value is -4.13. The molecule has 0 saturated carbocycles. The summed E-state index contributed by atoms with van der Waals surface area (Å²) in [5, 5.41) is 25.9. The second kappa shape index (κ2) is 7.71. The zero-order valence-corrected chi connectivity index (χ0v) is 16.1. The fraction of sp³-hybridized carbons (Fsp3) is 0.0870. The van der Waals surface area contributed by atoms with Crippen LogP contribution >= 0.6 is 0 Å². The average molecular weight is 401 g/mol. The number of aromatic nitrogens is 1. The van der Waals surface area contributed by atoms with Crippen LogP contribution in [0.1, 0.15) is 18.5 Å². The Morgan fingerprint density at radius 3 is 2.47 bits per heavy atom. The molecule has 4 rings (SSSR count). The van der Waals surface area contributed by atoms with E-state index >= 15 is 0 Å². The van der Waals surface area contributed by atoms with Crippen LogP contribution in [0, 0.1) is 0 Å². The summed E-state index contributed by atoms with van der Waals surface area (Å²) in [6.45, 7) is 1.83. The Labute approximate surface area is 172 Å². The number of pyridine rings is 1. The zero-order chi connectivity index (χ0) is 21.3. The number of phenolic OH excluding ortho intramolecular Hbond substituents is 2. The fourth-order valence-electron chi connectivity index (χ4n) is 3.25. The molecule has 0 bridgehead atoms. The first-order valence-electron chi connectivity index (χ1n) is 9.33. The first-order chi connectivity index (χ1) is 14.4. The number of aromatic hydroxyl groups is 2. The number of benzene rings is 2. The first-order valence-corrected chi connectivity index (χ1v) is 9.33. The largest absolute Gasteiger partial charge is 0.508 e. The molecule has 0 radical (unpaired) electrons. The Morgan fingerprint density at radius 2 is 1.73 bits per heavy atom. The topological polar surface area (TPSA) is 112 Å². The van der Waals surface area contributed by atoms with E-state index in [1.165, 1.54) is 6.07 Å². The molecule has 4 aromatic rings. The zero-order valence-electron chi connectivity index (χ0n) is 16.1. The van der Waals surface area contributed by atoms with Gasteiger partial charge in [-0.05, 0) is 48.9 Å². The van der Waals surface area contributed by atoms with E-state index in [4.69, 9.17) is 0 Å². The second-order valence-electron chi connectivity index (χ2n) is 6.97. The monoisotopic (exact) mass is 401 g/mol. The summed E-state index contributed by atoms with van der Waals surface area (Å²) in [7, 11) is 0. The molecule has 0 unspecified atom stereocenters. The van der Waals surface area contributed by atoms with Crippen LogP contribution in [-0.2, 0) is 0 Å². The highest BCUT2D eigenvalue weighted by Crippen LogP contribution is 2.33. The van der Waals surface area contributed by atoms with Crippen molar-refractivity contribution in [3.63, 3.8) is 0 Å². The number of nitrogens with zero attached hydrogens (tertiary/aromatic N) is 1. The molecular formula is C23H19N3O4. The van der Waals surface area contributed by atoms with Gasteiger partial charge in [-0.15, -0.1) is 0 Å². The second-order valence-corrected chi connectivity index (χ2v) is 6.97. The molecule has 0 aliphatic carbocycles. The minimum absolute atomic E-state index is 0.0781. The molecule has 1 heterocycles. The molecule has 0 amide bonds. The van der Waals surface area contributed by atoms with Gasteiger partial charge in [-0.3, -0.25) is 14.6 Å². The Balaban J connectivity index is 1.60. The third-order valence-corrected chi connectivity index (χ3v) is 4.88. The van der Waals surface area contributed by atoms with Crippen molar-refractivity contribution < 1.29 is 10.2 Å². The molecule has 7 heteroatoms. The van der Waals surface area contributed by atoms with E-state index in [2.05, 4.69) is 15.6 Å². The van der Waals surface area contributed by atoms with Gasteiger partial charge in [0.05, 0.1) is 0 Å². The summed E-state index contributed by atoms with van der Waals surface area (Å²) in [5.41, 5.74) is 1.73. The maximum atomic E-state index is 12.2. The normalized spacial score (nSPS) is 11.9. The molecule has 7 nitrogen and oxygen atoms in total. The molecular weight excluding hydrogens is 382 g/mol. The highest BCUT2D eigenvalue weighted by molar-refractivity contribution is 5.81. The van der Waals surface area contributed by atoms with Gasteiger partial charge in [0.2, 0.25) is 0 Å². The number of anilines is 3. The van der Waals surface area contributed by atoms with Crippen molar-refractivity contribution in [2.45, 2.75) is 13.0 Å². The van der Waals surface area contributed by atoms with E-state index in [1.807, 2.05) is 19.1 Å². The van der Waals surface area contributed by atoms with Gasteiger partial charge in [0.25, 0.3) is 10.9 Å². The predicted molar refractivity (Wildman–Crippen MR) is 116 cm³/mol. The number of hydrogen-bond donors (Lipinski definition) is 4. The van der Waals surface area contributed by atoms with E-state index < -0.39 is 10.9 Å². The third kappa shape index (κ3) is 3.60. The molecule has 3 aromatic carbocycles. The van der Waals surface area contributed by atoms with E-state index in [1.54, 1.807) is 48.8 Å². The highest BCUT2D eigenvalue weighted by Gasteiger charge is 2.23. The van der Waals surface area contributed by atoms with E-state index in [-0.39, 0.29) is 28.9 Å². The fourth-order valence-corrected chi connectivity index (χ4v) is 3.25. The van der Waals surface area contributed by atoms with E-state index in [0.29, 0.717) is 11.3 Å². The molecule has 0 spiro atoms. The van der Waals surface area contributed by atoms with Crippen LogP contribution in [-0.4, -0.2) is 15.2 Å². The third-order valence-electron chi connectivity index (χ3n) is 4.88. The van der Waals surface area contributed by atoms with Gasteiger partial charge >= 0.3 is 0 Å². The summed E-state index contributed by atoms with van der Waals surface area (Å²) >= 11 is 0. The Morgan fingerprint density at radius 1 is 0.933 bits per heavy atom. The molecule has 1 atom stereocenters. The van der Waals surface area contributed by atoms with Crippen molar-refractivity contribution in [1.29, 1.82) is 0 Å². The van der Waals surface area contributed by atoms with Gasteiger partial charge < -0.3 is 20.8 Å². The van der Waals surface area contributed by atoms with Crippen molar-refractivity contribution >= 4 is 17.1 Å². The summed E-state index contributed by atoms with van der Waals surface area (Å²) in [6, 6.07) is 14.8. The van der Waals surface area contributed by atoms with Crippen LogP contribution in [0.5, 0.6) is 11.5 Å². The quantitative estimate of drug-likeness (QED) is 0.288.